The average Bonchev–Trinajstić information content (AvgIpc) is 2.55. The van der Waals surface area contributed by atoms with Gasteiger partial charge in [-0.15, -0.1) is 0 Å². The average molecular weight is 440 g/mol. The van der Waals surface area contributed by atoms with E-state index in [1.807, 2.05) is 19.9 Å². The number of nitro benzene ring substituents is 1. The molecule has 1 amide bonds. The van der Waals surface area contributed by atoms with Crippen molar-refractivity contribution in [2.24, 2.45) is 5.10 Å². The van der Waals surface area contributed by atoms with Crippen molar-refractivity contribution in [2.45, 2.75) is 19.0 Å². The lowest BCUT2D eigenvalue weighted by molar-refractivity contribution is -0.385. The van der Waals surface area contributed by atoms with Crippen LogP contribution < -0.4 is 5.43 Å². The molecule has 0 spiro atoms. The summed E-state index contributed by atoms with van der Waals surface area (Å²) in [6.45, 7) is 3.68. The minimum absolute atomic E-state index is 0.0465. The number of carbonyl (C=O) groups is 1. The van der Waals surface area contributed by atoms with Crippen molar-refractivity contribution in [1.82, 2.24) is 15.4 Å². The molecular formula is C15H14BrN5O4S. The van der Waals surface area contributed by atoms with Crippen LogP contribution in [0.5, 0.6) is 5.75 Å². The highest BCUT2D eigenvalue weighted by molar-refractivity contribution is 9.10. The summed E-state index contributed by atoms with van der Waals surface area (Å²) in [7, 11) is 0. The van der Waals surface area contributed by atoms with E-state index in [1.54, 1.807) is 0 Å². The van der Waals surface area contributed by atoms with Crippen molar-refractivity contribution < 1.29 is 14.8 Å². The molecule has 2 aromatic rings. The Morgan fingerprint density at radius 3 is 2.65 bits per heavy atom. The second kappa shape index (κ2) is 8.72. The summed E-state index contributed by atoms with van der Waals surface area (Å²) >= 11 is 4.19. The number of hydrogen-bond acceptors (Lipinski definition) is 8. The van der Waals surface area contributed by atoms with Crippen LogP contribution in [-0.4, -0.2) is 37.9 Å². The van der Waals surface area contributed by atoms with Crippen LogP contribution in [0.4, 0.5) is 5.69 Å². The van der Waals surface area contributed by atoms with Gasteiger partial charge in [0, 0.05) is 29.1 Å². The predicted octanol–water partition coefficient (Wildman–Crippen LogP) is 2.71. The van der Waals surface area contributed by atoms with Crippen LogP contribution in [0.25, 0.3) is 0 Å². The molecule has 2 N–H and O–H groups in total. The van der Waals surface area contributed by atoms with Gasteiger partial charge in [0.15, 0.2) is 5.16 Å². The molecular weight excluding hydrogens is 426 g/mol. The van der Waals surface area contributed by atoms with Gasteiger partial charge in [-0.05, 0) is 35.8 Å². The summed E-state index contributed by atoms with van der Waals surface area (Å²) in [5.41, 5.74) is 3.78. The van der Waals surface area contributed by atoms with E-state index in [9.17, 15) is 20.0 Å². The number of nitro groups is 1. The largest absolute Gasteiger partial charge is 0.506 e. The molecule has 0 saturated heterocycles. The zero-order valence-electron chi connectivity index (χ0n) is 13.8. The number of nitrogens with zero attached hydrogens (tertiary/aromatic N) is 4. The number of benzene rings is 1. The molecule has 11 heteroatoms. The van der Waals surface area contributed by atoms with E-state index in [4.69, 9.17) is 0 Å². The smallest absolute Gasteiger partial charge is 0.271 e. The molecule has 136 valence electrons. The third-order valence-corrected chi connectivity index (χ3v) is 4.43. The van der Waals surface area contributed by atoms with Gasteiger partial charge in [0.2, 0.25) is 0 Å². The van der Waals surface area contributed by atoms with Gasteiger partial charge in [0.05, 0.1) is 21.4 Å². The highest BCUT2D eigenvalue weighted by atomic mass is 79.9. The molecule has 0 bridgehead atoms. The van der Waals surface area contributed by atoms with Crippen LogP contribution in [0.3, 0.4) is 0 Å². The maximum absolute atomic E-state index is 11.8. The first-order chi connectivity index (χ1) is 12.3. The number of aryl methyl sites for hydroxylation is 2. The first kappa shape index (κ1) is 19.8. The van der Waals surface area contributed by atoms with Gasteiger partial charge in [-0.3, -0.25) is 14.9 Å². The molecule has 1 aromatic heterocycles. The van der Waals surface area contributed by atoms with E-state index in [0.717, 1.165) is 35.4 Å². The number of halogens is 1. The van der Waals surface area contributed by atoms with Crippen molar-refractivity contribution in [3.05, 3.63) is 49.7 Å². The Kier molecular flexibility index (Phi) is 6.64. The fourth-order valence-corrected chi connectivity index (χ4v) is 3.11. The number of rotatable bonds is 6. The van der Waals surface area contributed by atoms with Crippen molar-refractivity contribution in [3.8, 4) is 5.75 Å². The quantitative estimate of drug-likeness (QED) is 0.232. The summed E-state index contributed by atoms with van der Waals surface area (Å²) in [5.74, 6) is -0.574. The second-order valence-electron chi connectivity index (χ2n) is 5.14. The molecule has 0 aliphatic heterocycles. The van der Waals surface area contributed by atoms with Gasteiger partial charge in [0.1, 0.15) is 5.75 Å². The number of phenols is 1. The number of hydrazone groups is 1. The molecule has 0 fully saturated rings. The number of carbonyl (C=O) groups excluding carboxylic acids is 1. The van der Waals surface area contributed by atoms with E-state index >= 15 is 0 Å². The maximum Gasteiger partial charge on any atom is 0.271 e. The molecule has 1 heterocycles. The molecule has 0 unspecified atom stereocenters. The fourth-order valence-electron chi connectivity index (χ4n) is 1.90. The lowest BCUT2D eigenvalue weighted by Gasteiger charge is -2.03. The Morgan fingerprint density at radius 2 is 2.04 bits per heavy atom. The molecule has 0 aliphatic carbocycles. The summed E-state index contributed by atoms with van der Waals surface area (Å²) in [4.78, 5) is 30.5. The van der Waals surface area contributed by atoms with Crippen LogP contribution in [0.15, 0.2) is 32.9 Å². The van der Waals surface area contributed by atoms with Crippen LogP contribution in [0.1, 0.15) is 17.0 Å². The SMILES string of the molecule is Cc1cc(C)nc(SCC(=O)N/N=C\c2cc([N+](=O)[O-])cc(Br)c2O)n1. The monoisotopic (exact) mass is 439 g/mol. The van der Waals surface area contributed by atoms with Gasteiger partial charge < -0.3 is 5.11 Å². The fraction of sp³-hybridized carbons (Fsp3) is 0.200. The third-order valence-electron chi connectivity index (χ3n) is 2.98. The van der Waals surface area contributed by atoms with E-state index < -0.39 is 10.8 Å². The molecule has 0 saturated carbocycles. The topological polar surface area (TPSA) is 131 Å². The summed E-state index contributed by atoms with van der Waals surface area (Å²) in [5, 5.41) is 24.9. The number of aromatic nitrogens is 2. The summed E-state index contributed by atoms with van der Waals surface area (Å²) in [6.07, 6.45) is 1.13. The van der Waals surface area contributed by atoms with Crippen molar-refractivity contribution in [3.63, 3.8) is 0 Å². The van der Waals surface area contributed by atoms with Crippen LogP contribution in [0.2, 0.25) is 0 Å². The number of phenolic OH excluding ortho intramolecular Hbond substituents is 1. The Balaban J connectivity index is 1.97. The first-order valence-electron chi connectivity index (χ1n) is 7.20. The minimum Gasteiger partial charge on any atom is -0.506 e. The standard InChI is InChI=1S/C15H14BrN5O4S/c1-8-3-9(2)19-15(18-8)26-7-13(22)20-17-6-10-4-11(21(24)25)5-12(16)14(10)23/h3-6,23H,7H2,1-2H3,(H,20,22)/b17-6-. The molecule has 1 aromatic carbocycles. The molecule has 0 radical (unpaired) electrons. The zero-order valence-corrected chi connectivity index (χ0v) is 16.2. The Bertz CT molecular complexity index is 870. The lowest BCUT2D eigenvalue weighted by atomic mass is 10.2. The number of nitrogens with one attached hydrogen (secondary N) is 1. The van der Waals surface area contributed by atoms with Gasteiger partial charge in [0.25, 0.3) is 11.6 Å². The van der Waals surface area contributed by atoms with E-state index in [0.29, 0.717) is 5.16 Å². The van der Waals surface area contributed by atoms with Gasteiger partial charge >= 0.3 is 0 Å². The number of non-ortho nitro benzene ring substituents is 1. The first-order valence-corrected chi connectivity index (χ1v) is 8.98. The predicted molar refractivity (Wildman–Crippen MR) is 100 cm³/mol. The number of thioether (sulfide) groups is 1. The van der Waals surface area contributed by atoms with Gasteiger partial charge in [-0.1, -0.05) is 11.8 Å². The van der Waals surface area contributed by atoms with Crippen LogP contribution in [-0.2, 0) is 4.79 Å². The summed E-state index contributed by atoms with van der Waals surface area (Å²) in [6, 6.07) is 4.15. The summed E-state index contributed by atoms with van der Waals surface area (Å²) < 4.78 is 0.155. The normalized spacial score (nSPS) is 10.9. The Labute approximate surface area is 161 Å². The van der Waals surface area contributed by atoms with Gasteiger partial charge in [-0.25, -0.2) is 15.4 Å². The number of hydrogen-bond donors (Lipinski definition) is 2. The molecule has 0 aliphatic rings. The lowest BCUT2D eigenvalue weighted by Crippen LogP contribution is -2.19. The zero-order chi connectivity index (χ0) is 19.3. The Hall–Kier alpha value is -2.53. The van der Waals surface area contributed by atoms with E-state index in [1.165, 1.54) is 6.07 Å². The van der Waals surface area contributed by atoms with Crippen LogP contribution in [0, 0.1) is 24.0 Å². The van der Waals surface area contributed by atoms with Crippen molar-refractivity contribution in [1.29, 1.82) is 0 Å². The van der Waals surface area contributed by atoms with E-state index in [2.05, 4.69) is 36.4 Å². The van der Waals surface area contributed by atoms with Crippen molar-refractivity contribution >= 4 is 45.5 Å². The van der Waals surface area contributed by atoms with E-state index in [-0.39, 0.29) is 27.2 Å². The molecule has 9 nitrogen and oxygen atoms in total. The number of amides is 1. The molecule has 0 atom stereocenters. The third kappa shape index (κ3) is 5.49. The second-order valence-corrected chi connectivity index (χ2v) is 6.93. The maximum atomic E-state index is 11.8. The number of aromatic hydroxyl groups is 1. The van der Waals surface area contributed by atoms with Crippen molar-refractivity contribution in [2.75, 3.05) is 5.75 Å². The van der Waals surface area contributed by atoms with Crippen LogP contribution >= 0.6 is 27.7 Å². The highest BCUT2D eigenvalue weighted by Gasteiger charge is 2.13. The molecule has 2 rings (SSSR count). The highest BCUT2D eigenvalue weighted by Crippen LogP contribution is 2.31. The van der Waals surface area contributed by atoms with Gasteiger partial charge in [-0.2, -0.15) is 5.10 Å². The molecule has 26 heavy (non-hydrogen) atoms. The Morgan fingerprint density at radius 1 is 1.38 bits per heavy atom. The minimum atomic E-state index is -0.597.